The van der Waals surface area contributed by atoms with E-state index in [0.29, 0.717) is 19.1 Å². The molecule has 0 aliphatic carbocycles. The third-order valence-corrected chi connectivity index (χ3v) is 5.21. The summed E-state index contributed by atoms with van der Waals surface area (Å²) in [5, 5.41) is 3.19. The Bertz CT molecular complexity index is 1170. The third kappa shape index (κ3) is 6.66. The van der Waals surface area contributed by atoms with Crippen LogP contribution in [0.2, 0.25) is 0 Å². The molecule has 0 radical (unpaired) electrons. The fourth-order valence-corrected chi connectivity index (χ4v) is 3.59. The van der Waals surface area contributed by atoms with Crippen LogP contribution in [-0.2, 0) is 24.4 Å². The lowest BCUT2D eigenvalue weighted by atomic mass is 9.98. The normalized spacial score (nSPS) is 11.1. The largest absolute Gasteiger partial charge is 0.380 e. The lowest BCUT2D eigenvalue weighted by Gasteiger charge is -2.12. The number of ether oxygens (including phenoxy) is 1. The number of benzene rings is 3. The number of guanidine groups is 1. The standard InChI is InChI=1S/C26H27N5O.HI/c1-32-18-23-7-3-5-9-25(23)30-26(27)29-16-22-6-2-4-8-24(22)21-12-10-20(11-13-21)17-31-15-14-28-19-31;/h2-15,19H,16-18H2,1H3,(H3,27,29,30);1H. The summed E-state index contributed by atoms with van der Waals surface area (Å²) < 4.78 is 7.31. The average molecular weight is 553 g/mol. The molecule has 3 N–H and O–H groups in total. The van der Waals surface area contributed by atoms with E-state index < -0.39 is 0 Å². The molecule has 0 saturated heterocycles. The van der Waals surface area contributed by atoms with Crippen LogP contribution < -0.4 is 11.1 Å². The van der Waals surface area contributed by atoms with E-state index in [-0.39, 0.29) is 24.0 Å². The molecule has 0 saturated carbocycles. The van der Waals surface area contributed by atoms with Crippen LogP contribution in [0.5, 0.6) is 0 Å². The summed E-state index contributed by atoms with van der Waals surface area (Å²) in [7, 11) is 1.68. The van der Waals surface area contributed by atoms with Gasteiger partial charge in [0.2, 0.25) is 0 Å². The molecule has 0 fully saturated rings. The Morgan fingerprint density at radius 3 is 2.45 bits per heavy atom. The van der Waals surface area contributed by atoms with Gasteiger partial charge in [-0.2, -0.15) is 0 Å². The topological polar surface area (TPSA) is 77.5 Å². The summed E-state index contributed by atoms with van der Waals surface area (Å²) in [4.78, 5) is 8.68. The number of nitrogens with one attached hydrogen (secondary N) is 1. The van der Waals surface area contributed by atoms with E-state index in [1.54, 1.807) is 13.3 Å². The molecule has 4 aromatic rings. The van der Waals surface area contributed by atoms with E-state index in [1.165, 1.54) is 5.56 Å². The molecule has 0 amide bonds. The molecule has 33 heavy (non-hydrogen) atoms. The fraction of sp³-hybridized carbons (Fsp3) is 0.154. The van der Waals surface area contributed by atoms with Gasteiger partial charge in [-0.05, 0) is 28.3 Å². The molecule has 6 nitrogen and oxygen atoms in total. The Labute approximate surface area is 211 Å². The number of anilines is 1. The summed E-state index contributed by atoms with van der Waals surface area (Å²) >= 11 is 0. The van der Waals surface area contributed by atoms with Crippen molar-refractivity contribution >= 4 is 35.6 Å². The molecule has 7 heteroatoms. The first-order valence-electron chi connectivity index (χ1n) is 10.5. The number of aliphatic imine (C=N–C) groups is 1. The lowest BCUT2D eigenvalue weighted by Crippen LogP contribution is -2.23. The van der Waals surface area contributed by atoms with Crippen molar-refractivity contribution in [2.24, 2.45) is 10.7 Å². The van der Waals surface area contributed by atoms with Gasteiger partial charge in [0.05, 0.1) is 19.5 Å². The minimum atomic E-state index is 0. The second-order valence-corrected chi connectivity index (χ2v) is 7.51. The van der Waals surface area contributed by atoms with Crippen LogP contribution in [0.1, 0.15) is 16.7 Å². The molecule has 0 spiro atoms. The minimum absolute atomic E-state index is 0. The predicted molar refractivity (Wildman–Crippen MR) is 145 cm³/mol. The fourth-order valence-electron chi connectivity index (χ4n) is 3.59. The van der Waals surface area contributed by atoms with E-state index >= 15 is 0 Å². The van der Waals surface area contributed by atoms with Crippen molar-refractivity contribution in [1.29, 1.82) is 0 Å². The zero-order chi connectivity index (χ0) is 22.2. The third-order valence-electron chi connectivity index (χ3n) is 5.21. The second kappa shape index (κ2) is 12.2. The molecule has 1 aromatic heterocycles. The maximum absolute atomic E-state index is 6.18. The van der Waals surface area contributed by atoms with Crippen molar-refractivity contribution in [3.05, 3.63) is 108 Å². The van der Waals surface area contributed by atoms with E-state index in [2.05, 4.69) is 56.3 Å². The van der Waals surface area contributed by atoms with Gasteiger partial charge in [-0.1, -0.05) is 66.7 Å². The molecule has 0 unspecified atom stereocenters. The molecule has 0 aliphatic rings. The van der Waals surface area contributed by atoms with Gasteiger partial charge in [0.1, 0.15) is 0 Å². The van der Waals surface area contributed by atoms with Crippen LogP contribution in [0, 0.1) is 0 Å². The number of imidazole rings is 1. The number of rotatable bonds is 8. The molecule has 1 heterocycles. The number of para-hydroxylation sites is 1. The number of methoxy groups -OCH3 is 1. The summed E-state index contributed by atoms with van der Waals surface area (Å²) in [6.07, 6.45) is 5.59. The predicted octanol–water partition coefficient (Wildman–Crippen LogP) is 5.29. The van der Waals surface area contributed by atoms with Gasteiger partial charge in [0.15, 0.2) is 5.96 Å². The number of hydrogen-bond donors (Lipinski definition) is 2. The number of halogens is 1. The summed E-state index contributed by atoms with van der Waals surface area (Å²) in [6, 6.07) is 24.8. The molecular weight excluding hydrogens is 525 g/mol. The van der Waals surface area contributed by atoms with Crippen LogP contribution in [-0.4, -0.2) is 22.6 Å². The monoisotopic (exact) mass is 553 g/mol. The van der Waals surface area contributed by atoms with Gasteiger partial charge in [-0.3, -0.25) is 0 Å². The Morgan fingerprint density at radius 2 is 1.73 bits per heavy atom. The smallest absolute Gasteiger partial charge is 0.193 e. The van der Waals surface area contributed by atoms with Gasteiger partial charge >= 0.3 is 0 Å². The zero-order valence-electron chi connectivity index (χ0n) is 18.5. The second-order valence-electron chi connectivity index (χ2n) is 7.51. The molecule has 0 atom stereocenters. The van der Waals surface area contributed by atoms with Crippen molar-refractivity contribution in [2.45, 2.75) is 19.7 Å². The molecule has 4 rings (SSSR count). The number of nitrogens with two attached hydrogens (primary N) is 1. The SMILES string of the molecule is COCc1ccccc1NC(N)=NCc1ccccc1-c1ccc(Cn2ccnc2)cc1.I. The average Bonchev–Trinajstić information content (AvgIpc) is 3.33. The van der Waals surface area contributed by atoms with Crippen molar-refractivity contribution in [3.63, 3.8) is 0 Å². The van der Waals surface area contributed by atoms with Gasteiger partial charge < -0.3 is 20.4 Å². The summed E-state index contributed by atoms with van der Waals surface area (Å²) in [6.45, 7) is 1.80. The van der Waals surface area contributed by atoms with E-state index in [4.69, 9.17) is 10.5 Å². The highest BCUT2D eigenvalue weighted by Gasteiger charge is 2.06. The first-order valence-corrected chi connectivity index (χ1v) is 10.5. The highest BCUT2D eigenvalue weighted by Crippen LogP contribution is 2.25. The van der Waals surface area contributed by atoms with Crippen LogP contribution in [0.15, 0.2) is 96.5 Å². The van der Waals surface area contributed by atoms with Crippen molar-refractivity contribution in [3.8, 4) is 11.1 Å². The van der Waals surface area contributed by atoms with E-state index in [1.807, 2.05) is 48.9 Å². The molecule has 0 aliphatic heterocycles. The minimum Gasteiger partial charge on any atom is -0.380 e. The number of hydrogen-bond acceptors (Lipinski definition) is 3. The molecule has 170 valence electrons. The lowest BCUT2D eigenvalue weighted by molar-refractivity contribution is 0.185. The van der Waals surface area contributed by atoms with Crippen LogP contribution >= 0.6 is 24.0 Å². The van der Waals surface area contributed by atoms with Crippen LogP contribution in [0.25, 0.3) is 11.1 Å². The highest BCUT2D eigenvalue weighted by molar-refractivity contribution is 14.0. The van der Waals surface area contributed by atoms with E-state index in [9.17, 15) is 0 Å². The maximum atomic E-state index is 6.18. The van der Waals surface area contributed by atoms with E-state index in [0.717, 1.165) is 34.5 Å². The van der Waals surface area contributed by atoms with Gasteiger partial charge in [-0.25, -0.2) is 9.98 Å². The Balaban J connectivity index is 0.00000306. The Hall–Kier alpha value is -3.17. The van der Waals surface area contributed by atoms with Gasteiger partial charge in [-0.15, -0.1) is 24.0 Å². The Kier molecular flexibility index (Phi) is 9.03. The quantitative estimate of drug-likeness (QED) is 0.177. The highest BCUT2D eigenvalue weighted by atomic mass is 127. The summed E-state index contributed by atoms with van der Waals surface area (Å²) in [5.74, 6) is 0.374. The summed E-state index contributed by atoms with van der Waals surface area (Å²) in [5.41, 5.74) is 12.8. The number of aromatic nitrogens is 2. The van der Waals surface area contributed by atoms with Crippen molar-refractivity contribution < 1.29 is 4.74 Å². The first-order chi connectivity index (χ1) is 15.7. The number of nitrogens with zero attached hydrogens (tertiary/aromatic N) is 3. The molecule has 3 aromatic carbocycles. The van der Waals surface area contributed by atoms with Gasteiger partial charge in [0, 0.05) is 37.3 Å². The first kappa shape index (κ1) is 24.5. The van der Waals surface area contributed by atoms with Crippen LogP contribution in [0.4, 0.5) is 5.69 Å². The Morgan fingerprint density at radius 1 is 1.00 bits per heavy atom. The molecule has 0 bridgehead atoms. The maximum Gasteiger partial charge on any atom is 0.193 e. The van der Waals surface area contributed by atoms with Crippen molar-refractivity contribution in [1.82, 2.24) is 9.55 Å². The zero-order valence-corrected chi connectivity index (χ0v) is 20.8. The van der Waals surface area contributed by atoms with Crippen molar-refractivity contribution in [2.75, 3.05) is 12.4 Å². The van der Waals surface area contributed by atoms with Crippen LogP contribution in [0.3, 0.4) is 0 Å². The molecular formula is C26H28IN5O. The van der Waals surface area contributed by atoms with Gasteiger partial charge in [0.25, 0.3) is 0 Å².